The van der Waals surface area contributed by atoms with Crippen LogP contribution in [0.15, 0.2) is 29.1 Å². The van der Waals surface area contributed by atoms with E-state index in [-0.39, 0.29) is 11.5 Å². The molecular weight excluding hydrogens is 342 g/mol. The Hall–Kier alpha value is -2.77. The Balaban J connectivity index is 2.44. The van der Waals surface area contributed by atoms with Crippen LogP contribution in [0, 0.1) is 6.57 Å². The fourth-order valence-corrected chi connectivity index (χ4v) is 1.93. The van der Waals surface area contributed by atoms with Gasteiger partial charge in [-0.25, -0.2) is 4.85 Å². The third-order valence-electron chi connectivity index (χ3n) is 2.88. The first kappa shape index (κ1) is 17.6. The van der Waals surface area contributed by atoms with Gasteiger partial charge in [-0.1, -0.05) is 11.2 Å². The second-order valence-electron chi connectivity index (χ2n) is 4.63. The molecule has 0 fully saturated rings. The summed E-state index contributed by atoms with van der Waals surface area (Å²) < 4.78 is 81.5. The lowest BCUT2D eigenvalue weighted by atomic mass is 10.1. The van der Waals surface area contributed by atoms with Crippen molar-refractivity contribution in [1.29, 1.82) is 0 Å². The van der Waals surface area contributed by atoms with Gasteiger partial charge in [0, 0.05) is 5.69 Å². The molecule has 0 aliphatic rings. The van der Waals surface area contributed by atoms with Crippen molar-refractivity contribution in [3.05, 3.63) is 47.4 Å². The molecule has 0 radical (unpaired) electrons. The summed E-state index contributed by atoms with van der Waals surface area (Å²) in [5.41, 5.74) is -2.37. The Labute approximate surface area is 131 Å². The minimum absolute atomic E-state index is 0.123. The Morgan fingerprint density at radius 2 is 1.88 bits per heavy atom. The lowest BCUT2D eigenvalue weighted by Crippen LogP contribution is -2.34. The number of hydrogen-bond acceptors (Lipinski definition) is 4. The molecule has 1 heterocycles. The van der Waals surface area contributed by atoms with Crippen LogP contribution < -0.4 is 4.90 Å². The van der Waals surface area contributed by atoms with Crippen LogP contribution >= 0.6 is 0 Å². The number of nitrogens with zero attached hydrogens (tertiary/aromatic N) is 4. The number of benzene rings is 1. The summed E-state index contributed by atoms with van der Waals surface area (Å²) in [6.07, 6.45) is -8.64. The van der Waals surface area contributed by atoms with Gasteiger partial charge >= 0.3 is 12.4 Å². The third kappa shape index (κ3) is 4.37. The summed E-state index contributed by atoms with van der Waals surface area (Å²) >= 11 is 0. The van der Waals surface area contributed by atoms with Gasteiger partial charge in [0.05, 0.1) is 18.7 Å². The summed E-state index contributed by atoms with van der Waals surface area (Å²) in [4.78, 5) is 6.92. The molecule has 2 aromatic rings. The van der Waals surface area contributed by atoms with Crippen LogP contribution in [0.5, 0.6) is 0 Å². The number of aromatic nitrogens is 2. The van der Waals surface area contributed by atoms with Crippen LogP contribution in [0.4, 0.5) is 37.7 Å². The van der Waals surface area contributed by atoms with Crippen molar-refractivity contribution in [1.82, 2.24) is 10.1 Å². The summed E-state index contributed by atoms with van der Waals surface area (Å²) in [6, 6.07) is 2.33. The van der Waals surface area contributed by atoms with Crippen molar-refractivity contribution in [2.45, 2.75) is 18.9 Å². The van der Waals surface area contributed by atoms with Crippen LogP contribution in [0.2, 0.25) is 0 Å². The van der Waals surface area contributed by atoms with Crippen LogP contribution in [-0.4, -0.2) is 22.9 Å². The SMILES string of the molecule is [C-]#[N+]c1ccc(N(Cc2ncon2)CC(F)(F)F)cc1C(F)(F)F. The number of alkyl halides is 6. The highest BCUT2D eigenvalue weighted by molar-refractivity contribution is 5.62. The Bertz CT molecular complexity index is 732. The van der Waals surface area contributed by atoms with Crippen LogP contribution in [0.3, 0.4) is 0 Å². The van der Waals surface area contributed by atoms with Crippen molar-refractivity contribution in [3.8, 4) is 0 Å². The largest absolute Gasteiger partial charge is 0.407 e. The first-order valence-corrected chi connectivity index (χ1v) is 6.26. The van der Waals surface area contributed by atoms with Crippen molar-refractivity contribution in [2.75, 3.05) is 11.4 Å². The Kier molecular flexibility index (Phi) is 4.68. The number of rotatable bonds is 4. The first-order valence-electron chi connectivity index (χ1n) is 6.26. The highest BCUT2D eigenvalue weighted by Crippen LogP contribution is 2.39. The van der Waals surface area contributed by atoms with Gasteiger partial charge in [0.1, 0.15) is 6.54 Å². The van der Waals surface area contributed by atoms with E-state index in [9.17, 15) is 26.3 Å². The molecule has 0 amide bonds. The van der Waals surface area contributed by atoms with E-state index >= 15 is 0 Å². The maximum atomic E-state index is 13.0. The molecule has 0 aliphatic carbocycles. The topological polar surface area (TPSA) is 46.5 Å². The van der Waals surface area contributed by atoms with E-state index in [1.54, 1.807) is 0 Å². The molecule has 0 N–H and O–H groups in total. The van der Waals surface area contributed by atoms with Gasteiger partial charge in [-0.15, -0.1) is 0 Å². The predicted molar refractivity (Wildman–Crippen MR) is 69.1 cm³/mol. The molecule has 1 aromatic carbocycles. The fourth-order valence-electron chi connectivity index (χ4n) is 1.93. The van der Waals surface area contributed by atoms with E-state index in [2.05, 4.69) is 19.5 Å². The van der Waals surface area contributed by atoms with Gasteiger partial charge < -0.3 is 9.42 Å². The molecule has 0 saturated carbocycles. The molecule has 0 aliphatic heterocycles. The zero-order valence-corrected chi connectivity index (χ0v) is 11.7. The van der Waals surface area contributed by atoms with E-state index in [4.69, 9.17) is 6.57 Å². The quantitative estimate of drug-likeness (QED) is 0.612. The molecule has 5 nitrogen and oxygen atoms in total. The molecule has 0 unspecified atom stereocenters. The summed E-state index contributed by atoms with van der Waals surface area (Å²) in [7, 11) is 0. The number of hydrogen-bond donors (Lipinski definition) is 0. The summed E-state index contributed by atoms with van der Waals surface area (Å²) in [5, 5.41) is 3.35. The van der Waals surface area contributed by atoms with Crippen LogP contribution in [0.25, 0.3) is 4.85 Å². The lowest BCUT2D eigenvalue weighted by Gasteiger charge is -2.25. The van der Waals surface area contributed by atoms with Gasteiger partial charge in [-0.3, -0.25) is 0 Å². The minimum atomic E-state index is -4.87. The van der Waals surface area contributed by atoms with Crippen molar-refractivity contribution < 1.29 is 30.9 Å². The monoisotopic (exact) mass is 350 g/mol. The molecule has 11 heteroatoms. The van der Waals surface area contributed by atoms with Crippen molar-refractivity contribution >= 4 is 11.4 Å². The fraction of sp³-hybridized carbons (Fsp3) is 0.308. The average Bonchev–Trinajstić information content (AvgIpc) is 2.96. The zero-order valence-electron chi connectivity index (χ0n) is 11.7. The predicted octanol–water partition coefficient (Wildman–Crippen LogP) is 4.21. The van der Waals surface area contributed by atoms with Crippen LogP contribution in [-0.2, 0) is 12.7 Å². The highest BCUT2D eigenvalue weighted by atomic mass is 19.4. The van der Waals surface area contributed by atoms with Crippen molar-refractivity contribution in [2.24, 2.45) is 0 Å². The molecule has 0 bridgehead atoms. The molecule has 0 saturated heterocycles. The minimum Gasteiger partial charge on any atom is -0.355 e. The summed E-state index contributed by atoms with van der Waals surface area (Å²) in [6.45, 7) is 4.72. The number of halogens is 6. The second-order valence-corrected chi connectivity index (χ2v) is 4.63. The zero-order chi connectivity index (χ0) is 18.0. The first-order chi connectivity index (χ1) is 11.1. The molecule has 1 aromatic heterocycles. The Morgan fingerprint density at radius 1 is 1.17 bits per heavy atom. The Morgan fingerprint density at radius 3 is 2.38 bits per heavy atom. The van der Waals surface area contributed by atoms with Gasteiger partial charge in [-0.05, 0) is 12.1 Å². The molecule has 24 heavy (non-hydrogen) atoms. The molecule has 128 valence electrons. The molecule has 0 spiro atoms. The van der Waals surface area contributed by atoms with Gasteiger partial charge in [0.25, 0.3) is 0 Å². The molecular formula is C13H8F6N4O. The summed E-state index contributed by atoms with van der Waals surface area (Å²) in [5.74, 6) is -0.123. The average molecular weight is 350 g/mol. The standard InChI is InChI=1S/C13H8F6N4O/c1-20-10-3-2-8(4-9(10)13(17,18)19)23(6-12(14,15)16)5-11-21-7-24-22-11/h2-4,7H,5-6H2. The maximum Gasteiger partial charge on any atom is 0.407 e. The second kappa shape index (κ2) is 6.38. The van der Waals surface area contributed by atoms with Gasteiger partial charge in [0.2, 0.25) is 6.39 Å². The van der Waals surface area contributed by atoms with E-state index < -0.39 is 36.7 Å². The van der Waals surface area contributed by atoms with Crippen LogP contribution in [0.1, 0.15) is 11.4 Å². The normalized spacial score (nSPS) is 12.0. The smallest absolute Gasteiger partial charge is 0.355 e. The van der Waals surface area contributed by atoms with Gasteiger partial charge in [-0.2, -0.15) is 31.3 Å². The lowest BCUT2D eigenvalue weighted by molar-refractivity contribution is -0.136. The highest BCUT2D eigenvalue weighted by Gasteiger charge is 2.36. The van der Waals surface area contributed by atoms with E-state index in [0.29, 0.717) is 11.0 Å². The van der Waals surface area contributed by atoms with E-state index in [1.165, 1.54) is 0 Å². The maximum absolute atomic E-state index is 13.0. The molecule has 0 atom stereocenters. The van der Waals surface area contributed by atoms with Gasteiger partial charge in [0.15, 0.2) is 11.5 Å². The molecule has 2 rings (SSSR count). The number of anilines is 1. The van der Waals surface area contributed by atoms with E-state index in [0.717, 1.165) is 18.5 Å². The van der Waals surface area contributed by atoms with E-state index in [1.807, 2.05) is 0 Å². The third-order valence-corrected chi connectivity index (χ3v) is 2.88. The van der Waals surface area contributed by atoms with Crippen molar-refractivity contribution in [3.63, 3.8) is 0 Å².